The van der Waals surface area contributed by atoms with Gasteiger partial charge in [0.25, 0.3) is 0 Å². The van der Waals surface area contributed by atoms with Gasteiger partial charge in [-0.25, -0.2) is 4.39 Å². The summed E-state index contributed by atoms with van der Waals surface area (Å²) < 4.78 is 13.7. The van der Waals surface area contributed by atoms with Crippen LogP contribution in [-0.2, 0) is 0 Å². The zero-order valence-electron chi connectivity index (χ0n) is 11.9. The van der Waals surface area contributed by atoms with Gasteiger partial charge in [0.05, 0.1) is 0 Å². The zero-order valence-corrected chi connectivity index (χ0v) is 11.9. The van der Waals surface area contributed by atoms with Crippen molar-refractivity contribution >= 4 is 0 Å². The minimum atomic E-state index is -0.0708. The van der Waals surface area contributed by atoms with Crippen LogP contribution in [0, 0.1) is 11.2 Å². The molecule has 2 fully saturated rings. The molecule has 1 aromatic carbocycles. The molecule has 2 nitrogen and oxygen atoms in total. The van der Waals surface area contributed by atoms with E-state index in [0.717, 1.165) is 37.8 Å². The van der Waals surface area contributed by atoms with Crippen molar-refractivity contribution in [3.63, 3.8) is 0 Å². The fourth-order valence-corrected chi connectivity index (χ4v) is 3.72. The molecule has 1 aromatic rings. The van der Waals surface area contributed by atoms with Crippen LogP contribution in [0.5, 0.6) is 0 Å². The summed E-state index contributed by atoms with van der Waals surface area (Å²) in [6.07, 6.45) is 6.79. The van der Waals surface area contributed by atoms with Crippen molar-refractivity contribution in [2.75, 3.05) is 13.2 Å². The van der Waals surface area contributed by atoms with Crippen molar-refractivity contribution in [1.82, 2.24) is 5.32 Å². The van der Waals surface area contributed by atoms with Crippen LogP contribution in [0.3, 0.4) is 0 Å². The van der Waals surface area contributed by atoms with E-state index in [1.807, 2.05) is 12.1 Å². The highest BCUT2D eigenvalue weighted by atomic mass is 19.1. The van der Waals surface area contributed by atoms with Crippen LogP contribution >= 0.6 is 0 Å². The quantitative estimate of drug-likeness (QED) is 0.866. The number of nitrogens with one attached hydrogen (secondary N) is 1. The Kier molecular flexibility index (Phi) is 4.08. The Balaban J connectivity index is 1.48. The molecule has 20 heavy (non-hydrogen) atoms. The van der Waals surface area contributed by atoms with Gasteiger partial charge in [0.2, 0.25) is 0 Å². The predicted molar refractivity (Wildman–Crippen MR) is 78.2 cm³/mol. The van der Waals surface area contributed by atoms with Crippen molar-refractivity contribution in [1.29, 1.82) is 0 Å². The van der Waals surface area contributed by atoms with Crippen molar-refractivity contribution in [2.24, 2.45) is 5.41 Å². The van der Waals surface area contributed by atoms with E-state index in [9.17, 15) is 9.50 Å². The number of halogens is 1. The lowest BCUT2D eigenvalue weighted by molar-refractivity contribution is 0.116. The standard InChI is InChI=1S/C17H24FNO/c18-16-6-2-1-5-15(16)13-9-14(10-13)19-11-17(12-20)7-3-4-8-17/h1-2,5-6,13-14,19-20H,3-4,7-12H2. The van der Waals surface area contributed by atoms with E-state index in [1.54, 1.807) is 12.1 Å². The molecule has 0 amide bonds. The predicted octanol–water partition coefficient (Wildman–Crippen LogP) is 3.21. The molecule has 0 atom stereocenters. The molecule has 3 rings (SSSR count). The largest absolute Gasteiger partial charge is 0.396 e. The molecule has 0 aromatic heterocycles. The van der Waals surface area contributed by atoms with Gasteiger partial charge in [0, 0.05) is 24.6 Å². The van der Waals surface area contributed by atoms with Gasteiger partial charge >= 0.3 is 0 Å². The Morgan fingerprint density at radius 3 is 2.55 bits per heavy atom. The lowest BCUT2D eigenvalue weighted by atomic mass is 9.75. The molecule has 0 saturated heterocycles. The maximum Gasteiger partial charge on any atom is 0.126 e. The topological polar surface area (TPSA) is 32.3 Å². The number of rotatable bonds is 5. The van der Waals surface area contributed by atoms with Crippen LogP contribution in [0.4, 0.5) is 4.39 Å². The van der Waals surface area contributed by atoms with Gasteiger partial charge in [-0.3, -0.25) is 0 Å². The lowest BCUT2D eigenvalue weighted by Crippen LogP contribution is -2.46. The Hall–Kier alpha value is -0.930. The zero-order chi connectivity index (χ0) is 14.0. The summed E-state index contributed by atoms with van der Waals surface area (Å²) >= 11 is 0. The van der Waals surface area contributed by atoms with Gasteiger partial charge in [0.1, 0.15) is 5.82 Å². The summed E-state index contributed by atoms with van der Waals surface area (Å²) in [6.45, 7) is 1.21. The number of aliphatic hydroxyl groups excluding tert-OH is 1. The second kappa shape index (κ2) is 5.82. The molecule has 0 bridgehead atoms. The van der Waals surface area contributed by atoms with E-state index in [1.165, 1.54) is 12.8 Å². The van der Waals surface area contributed by atoms with Gasteiger partial charge in [-0.1, -0.05) is 31.0 Å². The molecule has 2 saturated carbocycles. The molecule has 2 N–H and O–H groups in total. The number of hydrogen-bond acceptors (Lipinski definition) is 2. The van der Waals surface area contributed by atoms with Crippen LogP contribution < -0.4 is 5.32 Å². The molecule has 110 valence electrons. The minimum absolute atomic E-state index is 0.0708. The molecule has 0 spiro atoms. The minimum Gasteiger partial charge on any atom is -0.396 e. The summed E-state index contributed by atoms with van der Waals surface area (Å²) in [4.78, 5) is 0. The highest BCUT2D eigenvalue weighted by Gasteiger charge is 2.36. The Bertz CT molecular complexity index is 450. The molecular formula is C17H24FNO. The first-order chi connectivity index (χ1) is 9.72. The van der Waals surface area contributed by atoms with Gasteiger partial charge in [-0.2, -0.15) is 0 Å². The second-order valence-corrected chi connectivity index (χ2v) is 6.63. The third kappa shape index (κ3) is 2.75. The highest BCUT2D eigenvalue weighted by Crippen LogP contribution is 2.40. The van der Waals surface area contributed by atoms with E-state index >= 15 is 0 Å². The molecule has 0 heterocycles. The first-order valence-corrected chi connectivity index (χ1v) is 7.81. The highest BCUT2D eigenvalue weighted by molar-refractivity contribution is 5.24. The van der Waals surface area contributed by atoms with E-state index in [2.05, 4.69) is 5.32 Å². The molecule has 2 aliphatic carbocycles. The number of benzene rings is 1. The van der Waals surface area contributed by atoms with Crippen LogP contribution in [0.15, 0.2) is 24.3 Å². The van der Waals surface area contributed by atoms with E-state index < -0.39 is 0 Å². The molecule has 3 heteroatoms. The maximum atomic E-state index is 13.7. The van der Waals surface area contributed by atoms with Crippen molar-refractivity contribution < 1.29 is 9.50 Å². The molecule has 0 unspecified atom stereocenters. The summed E-state index contributed by atoms with van der Waals surface area (Å²) in [5.41, 5.74) is 0.978. The summed E-state index contributed by atoms with van der Waals surface area (Å²) in [6, 6.07) is 7.61. The first-order valence-electron chi connectivity index (χ1n) is 7.81. The third-order valence-corrected chi connectivity index (χ3v) is 5.25. The molecular weight excluding hydrogens is 253 g/mol. The summed E-state index contributed by atoms with van der Waals surface area (Å²) in [5.74, 6) is 0.293. The molecule has 0 aliphatic heterocycles. The SMILES string of the molecule is OCC1(CNC2CC(c3ccccc3F)C2)CCCC1. The third-order valence-electron chi connectivity index (χ3n) is 5.25. The first kappa shape index (κ1) is 14.0. The fraction of sp³-hybridized carbons (Fsp3) is 0.647. The number of hydrogen-bond donors (Lipinski definition) is 2. The molecule has 0 radical (unpaired) electrons. The summed E-state index contributed by atoms with van der Waals surface area (Å²) in [5, 5.41) is 13.2. The van der Waals surface area contributed by atoms with Gasteiger partial charge in [-0.15, -0.1) is 0 Å². The normalized spacial score (nSPS) is 28.3. The van der Waals surface area contributed by atoms with Crippen molar-refractivity contribution in [3.05, 3.63) is 35.6 Å². The van der Waals surface area contributed by atoms with Crippen LogP contribution in [-0.4, -0.2) is 24.3 Å². The van der Waals surface area contributed by atoms with Crippen LogP contribution in [0.1, 0.15) is 50.0 Å². The van der Waals surface area contributed by atoms with Crippen LogP contribution in [0.25, 0.3) is 0 Å². The van der Waals surface area contributed by atoms with Gasteiger partial charge in [-0.05, 0) is 43.2 Å². The maximum absolute atomic E-state index is 13.7. The van der Waals surface area contributed by atoms with E-state index in [0.29, 0.717) is 18.6 Å². The average Bonchev–Trinajstić information content (AvgIpc) is 2.88. The smallest absolute Gasteiger partial charge is 0.126 e. The summed E-state index contributed by atoms with van der Waals surface area (Å²) in [7, 11) is 0. The fourth-order valence-electron chi connectivity index (χ4n) is 3.72. The second-order valence-electron chi connectivity index (χ2n) is 6.63. The van der Waals surface area contributed by atoms with Crippen LogP contribution in [0.2, 0.25) is 0 Å². The Labute approximate surface area is 120 Å². The average molecular weight is 277 g/mol. The van der Waals surface area contributed by atoms with E-state index in [4.69, 9.17) is 0 Å². The van der Waals surface area contributed by atoms with Gasteiger partial charge in [0.15, 0.2) is 0 Å². The van der Waals surface area contributed by atoms with Gasteiger partial charge < -0.3 is 10.4 Å². The van der Waals surface area contributed by atoms with E-state index in [-0.39, 0.29) is 11.2 Å². The Morgan fingerprint density at radius 1 is 1.20 bits per heavy atom. The lowest BCUT2D eigenvalue weighted by Gasteiger charge is -2.39. The Morgan fingerprint density at radius 2 is 1.90 bits per heavy atom. The van der Waals surface area contributed by atoms with Crippen molar-refractivity contribution in [2.45, 2.75) is 50.5 Å². The number of aliphatic hydroxyl groups is 1. The molecule has 2 aliphatic rings. The van der Waals surface area contributed by atoms with Crippen molar-refractivity contribution in [3.8, 4) is 0 Å². The monoisotopic (exact) mass is 277 g/mol.